The minimum Gasteiger partial charge on any atom is -0.380 e. The van der Waals surface area contributed by atoms with Crippen LogP contribution in [-0.2, 0) is 16.7 Å². The first kappa shape index (κ1) is 18.6. The van der Waals surface area contributed by atoms with E-state index in [9.17, 15) is 5.26 Å². The van der Waals surface area contributed by atoms with Crippen LogP contribution in [-0.4, -0.2) is 24.7 Å². The molecule has 1 aromatic rings. The Morgan fingerprint density at radius 1 is 1.27 bits per heavy atom. The van der Waals surface area contributed by atoms with E-state index >= 15 is 0 Å². The van der Waals surface area contributed by atoms with Gasteiger partial charge in [-0.1, -0.05) is 27.7 Å². The van der Waals surface area contributed by atoms with Crippen molar-refractivity contribution in [3.05, 3.63) is 29.1 Å². The molecule has 122 valence electrons. The fraction of sp³-hybridized carbons (Fsp3) is 0.667. The van der Waals surface area contributed by atoms with Crippen molar-refractivity contribution in [2.75, 3.05) is 19.8 Å². The van der Waals surface area contributed by atoms with Crippen molar-refractivity contribution in [3.63, 3.8) is 0 Å². The zero-order chi connectivity index (χ0) is 16.4. The molecule has 1 N–H and O–H groups in total. The number of nitrogens with one attached hydrogen (secondary N) is 1. The molecule has 0 radical (unpaired) electrons. The normalized spacial score (nSPS) is 11.4. The lowest BCUT2D eigenvalue weighted by molar-refractivity contribution is 0.136. The van der Waals surface area contributed by atoms with Gasteiger partial charge in [-0.05, 0) is 30.9 Å². The molecule has 0 amide bonds. The molecule has 1 heterocycles. The fourth-order valence-corrected chi connectivity index (χ4v) is 2.38. The van der Waals surface area contributed by atoms with Crippen molar-refractivity contribution < 1.29 is 4.74 Å². The van der Waals surface area contributed by atoms with E-state index in [1.165, 1.54) is 0 Å². The van der Waals surface area contributed by atoms with Crippen LogP contribution in [0.25, 0.3) is 0 Å². The van der Waals surface area contributed by atoms with Gasteiger partial charge in [-0.3, -0.25) is 4.98 Å². The molecule has 4 nitrogen and oxygen atoms in total. The summed E-state index contributed by atoms with van der Waals surface area (Å²) in [6.07, 6.45) is 4.90. The number of pyridine rings is 1. The maximum Gasteiger partial charge on any atom is 0.101 e. The first-order chi connectivity index (χ1) is 10.6. The highest BCUT2D eigenvalue weighted by atomic mass is 16.5. The largest absolute Gasteiger partial charge is 0.380 e. The maximum absolute atomic E-state index is 9.44. The number of hydrogen-bond donors (Lipinski definition) is 1. The van der Waals surface area contributed by atoms with E-state index < -0.39 is 0 Å². The molecule has 1 aromatic heterocycles. The number of ether oxygens (including phenoxy) is 1. The summed E-state index contributed by atoms with van der Waals surface area (Å²) in [5.41, 5.74) is 2.65. The fourth-order valence-electron chi connectivity index (χ4n) is 2.38. The van der Waals surface area contributed by atoms with Crippen LogP contribution in [0.15, 0.2) is 12.3 Å². The number of nitrogens with zero attached hydrogens (tertiary/aromatic N) is 2. The molecule has 0 atom stereocenters. The maximum atomic E-state index is 9.44. The molecular weight excluding hydrogens is 274 g/mol. The Bertz CT molecular complexity index is 490. The highest BCUT2D eigenvalue weighted by molar-refractivity contribution is 5.39. The summed E-state index contributed by atoms with van der Waals surface area (Å²) in [6, 6.07) is 4.28. The van der Waals surface area contributed by atoms with Gasteiger partial charge in [-0.25, -0.2) is 0 Å². The van der Waals surface area contributed by atoms with Crippen LogP contribution in [0.3, 0.4) is 0 Å². The predicted octanol–water partition coefficient (Wildman–Crippen LogP) is 3.55. The number of rotatable bonds is 10. The lowest BCUT2D eigenvalue weighted by Gasteiger charge is -2.27. The van der Waals surface area contributed by atoms with Gasteiger partial charge in [0.25, 0.3) is 0 Å². The van der Waals surface area contributed by atoms with E-state index in [0.717, 1.165) is 43.7 Å². The quantitative estimate of drug-likeness (QED) is 0.672. The van der Waals surface area contributed by atoms with E-state index in [2.05, 4.69) is 44.1 Å². The number of hydrogen-bond acceptors (Lipinski definition) is 4. The monoisotopic (exact) mass is 303 g/mol. The second-order valence-corrected chi connectivity index (χ2v) is 5.91. The minimum absolute atomic E-state index is 0.0228. The molecular formula is C18H29N3O. The Labute approximate surface area is 134 Å². The molecule has 0 spiro atoms. The number of aromatic nitrogens is 1. The van der Waals surface area contributed by atoms with E-state index in [0.29, 0.717) is 18.7 Å². The van der Waals surface area contributed by atoms with Gasteiger partial charge in [0.15, 0.2) is 0 Å². The van der Waals surface area contributed by atoms with Crippen molar-refractivity contribution in [1.29, 1.82) is 5.26 Å². The summed E-state index contributed by atoms with van der Waals surface area (Å²) in [6.45, 7) is 11.6. The molecule has 0 aliphatic rings. The smallest absolute Gasteiger partial charge is 0.101 e. The summed E-state index contributed by atoms with van der Waals surface area (Å²) < 4.78 is 5.43. The Morgan fingerprint density at radius 3 is 2.59 bits per heavy atom. The van der Waals surface area contributed by atoms with Gasteiger partial charge in [0, 0.05) is 31.3 Å². The second-order valence-electron chi connectivity index (χ2n) is 5.91. The van der Waals surface area contributed by atoms with Gasteiger partial charge < -0.3 is 10.1 Å². The van der Waals surface area contributed by atoms with E-state index in [1.54, 1.807) is 0 Å². The minimum atomic E-state index is -0.0228. The van der Waals surface area contributed by atoms with E-state index in [-0.39, 0.29) is 5.41 Å². The molecule has 0 unspecified atom stereocenters. The van der Waals surface area contributed by atoms with Gasteiger partial charge in [-0.15, -0.1) is 0 Å². The molecule has 0 aliphatic carbocycles. The highest BCUT2D eigenvalue weighted by Crippen LogP contribution is 2.31. The van der Waals surface area contributed by atoms with Crippen LogP contribution in [0, 0.1) is 11.3 Å². The zero-order valence-corrected chi connectivity index (χ0v) is 14.4. The molecule has 0 fully saturated rings. The molecule has 0 bridgehead atoms. The predicted molar refractivity (Wildman–Crippen MR) is 89.7 cm³/mol. The van der Waals surface area contributed by atoms with Crippen LogP contribution >= 0.6 is 0 Å². The third kappa shape index (κ3) is 5.08. The van der Waals surface area contributed by atoms with Crippen LogP contribution < -0.4 is 5.32 Å². The molecule has 0 saturated heterocycles. The molecule has 4 heteroatoms. The first-order valence-corrected chi connectivity index (χ1v) is 8.29. The Balaban J connectivity index is 2.67. The van der Waals surface area contributed by atoms with Crippen molar-refractivity contribution in [3.8, 4) is 6.07 Å². The topological polar surface area (TPSA) is 57.9 Å². The van der Waals surface area contributed by atoms with Crippen LogP contribution in [0.4, 0.5) is 0 Å². The van der Waals surface area contributed by atoms with Gasteiger partial charge in [-0.2, -0.15) is 5.26 Å². The summed E-state index contributed by atoms with van der Waals surface area (Å²) in [5, 5.41) is 12.8. The van der Waals surface area contributed by atoms with Crippen molar-refractivity contribution >= 4 is 0 Å². The lowest BCUT2D eigenvalue weighted by atomic mass is 9.79. The standard InChI is InChI=1S/C18H29N3O/c1-5-9-22-10-8-20-13-15-11-16(12-19)17(21-14-15)18(4,6-2)7-3/h11,14,20H,5-10,13H2,1-4H3. The summed E-state index contributed by atoms with van der Waals surface area (Å²) >= 11 is 0. The molecule has 0 aromatic carbocycles. The third-order valence-corrected chi connectivity index (χ3v) is 4.30. The van der Waals surface area contributed by atoms with Crippen molar-refractivity contribution in [2.45, 2.75) is 58.9 Å². The Kier molecular flexibility index (Phi) is 8.08. The zero-order valence-electron chi connectivity index (χ0n) is 14.4. The van der Waals surface area contributed by atoms with Crippen LogP contribution in [0.1, 0.15) is 63.8 Å². The Morgan fingerprint density at radius 2 is 2.00 bits per heavy atom. The summed E-state index contributed by atoms with van der Waals surface area (Å²) in [4.78, 5) is 4.60. The summed E-state index contributed by atoms with van der Waals surface area (Å²) in [7, 11) is 0. The van der Waals surface area contributed by atoms with Crippen molar-refractivity contribution in [2.24, 2.45) is 0 Å². The molecule has 1 rings (SSSR count). The lowest BCUT2D eigenvalue weighted by Crippen LogP contribution is -2.24. The SMILES string of the molecule is CCCOCCNCc1cnc(C(C)(CC)CC)c(C#N)c1. The second kappa shape index (κ2) is 9.55. The Hall–Kier alpha value is -1.44. The third-order valence-electron chi connectivity index (χ3n) is 4.30. The molecule has 0 aliphatic heterocycles. The van der Waals surface area contributed by atoms with Crippen molar-refractivity contribution in [1.82, 2.24) is 10.3 Å². The highest BCUT2D eigenvalue weighted by Gasteiger charge is 2.27. The van der Waals surface area contributed by atoms with Crippen LogP contribution in [0.5, 0.6) is 0 Å². The van der Waals surface area contributed by atoms with Crippen LogP contribution in [0.2, 0.25) is 0 Å². The number of nitriles is 1. The summed E-state index contributed by atoms with van der Waals surface area (Å²) in [5.74, 6) is 0. The first-order valence-electron chi connectivity index (χ1n) is 8.29. The van der Waals surface area contributed by atoms with E-state index in [4.69, 9.17) is 4.74 Å². The van der Waals surface area contributed by atoms with Gasteiger partial charge >= 0.3 is 0 Å². The average Bonchev–Trinajstić information content (AvgIpc) is 2.57. The molecule has 22 heavy (non-hydrogen) atoms. The van der Waals surface area contributed by atoms with E-state index in [1.807, 2.05) is 12.3 Å². The van der Waals surface area contributed by atoms with Gasteiger partial charge in [0.05, 0.1) is 17.9 Å². The molecule has 0 saturated carbocycles. The van der Waals surface area contributed by atoms with Gasteiger partial charge in [0.1, 0.15) is 6.07 Å². The van der Waals surface area contributed by atoms with Gasteiger partial charge in [0.2, 0.25) is 0 Å². The average molecular weight is 303 g/mol.